The highest BCUT2D eigenvalue weighted by Gasteiger charge is 2.37. The third-order valence-electron chi connectivity index (χ3n) is 6.40. The molecule has 2 heterocycles. The van der Waals surface area contributed by atoms with E-state index in [0.717, 1.165) is 5.69 Å². The molecule has 1 aromatic heterocycles. The van der Waals surface area contributed by atoms with Crippen LogP contribution in [0.3, 0.4) is 0 Å². The van der Waals surface area contributed by atoms with E-state index in [-0.39, 0.29) is 6.71 Å². The molecule has 1 aliphatic rings. The molecule has 2 aromatic rings. The van der Waals surface area contributed by atoms with Gasteiger partial charge in [0.1, 0.15) is 0 Å². The summed E-state index contributed by atoms with van der Waals surface area (Å²) in [6.07, 6.45) is 8.50. The Morgan fingerprint density at radius 3 is 2.36 bits per heavy atom. The number of hydrogen-bond acceptors (Lipinski definition) is 1. The van der Waals surface area contributed by atoms with Crippen molar-refractivity contribution in [3.63, 3.8) is 0 Å². The van der Waals surface area contributed by atoms with Crippen molar-refractivity contribution >= 4 is 23.2 Å². The zero-order chi connectivity index (χ0) is 20.4. The molecule has 0 fully saturated rings. The van der Waals surface area contributed by atoms with Crippen LogP contribution in [0.2, 0.25) is 0 Å². The largest absolute Gasteiger partial charge is 0.257 e. The number of fused-ring (bicyclic) bond motifs is 1. The Morgan fingerprint density at radius 2 is 1.82 bits per heavy atom. The van der Waals surface area contributed by atoms with Crippen LogP contribution in [-0.2, 0) is 0 Å². The highest BCUT2D eigenvalue weighted by atomic mass is 14.7. The Labute approximate surface area is 171 Å². The predicted octanol–water partition coefficient (Wildman–Crippen LogP) is 5.67. The van der Waals surface area contributed by atoms with Gasteiger partial charge in [0.2, 0.25) is 6.71 Å². The van der Waals surface area contributed by atoms with Crippen LogP contribution in [0.1, 0.15) is 68.8 Å². The van der Waals surface area contributed by atoms with Crippen LogP contribution >= 0.6 is 0 Å². The average molecular weight is 369 g/mol. The van der Waals surface area contributed by atoms with Crippen LogP contribution in [0.5, 0.6) is 0 Å². The Morgan fingerprint density at radius 1 is 1.18 bits per heavy atom. The molecular weight excluding hydrogens is 337 g/mol. The van der Waals surface area contributed by atoms with Crippen LogP contribution in [0.25, 0.3) is 5.57 Å². The maximum Gasteiger partial charge on any atom is 0.245 e. The van der Waals surface area contributed by atoms with Crippen LogP contribution in [0.4, 0.5) is 0 Å². The first-order valence-corrected chi connectivity index (χ1v) is 10.5. The molecule has 0 atom stereocenters. The molecule has 0 bridgehead atoms. The number of rotatable bonds is 6. The first-order valence-electron chi connectivity index (χ1n) is 10.5. The van der Waals surface area contributed by atoms with Crippen LogP contribution < -0.4 is 10.9 Å². The van der Waals surface area contributed by atoms with Crippen molar-refractivity contribution in [2.45, 2.75) is 60.3 Å². The number of benzene rings is 1. The molecular formula is C26H32BN. The van der Waals surface area contributed by atoms with Gasteiger partial charge in [0.25, 0.3) is 0 Å². The Kier molecular flexibility index (Phi) is 6.08. The monoisotopic (exact) mass is 369 g/mol. The number of nitrogens with zero attached hydrogens (tertiary/aromatic N) is 1. The number of hydrogen-bond donors (Lipinski definition) is 0. The van der Waals surface area contributed by atoms with Crippen LogP contribution in [0, 0.1) is 13.8 Å². The Bertz CT molecular complexity index is 937. The summed E-state index contributed by atoms with van der Waals surface area (Å²) in [5.74, 6) is 0.638. The van der Waals surface area contributed by atoms with E-state index in [2.05, 4.69) is 78.5 Å². The van der Waals surface area contributed by atoms with Crippen LogP contribution in [-0.4, -0.2) is 11.7 Å². The molecule has 1 aromatic carbocycles. The van der Waals surface area contributed by atoms with Crippen LogP contribution in [0.15, 0.2) is 60.2 Å². The fourth-order valence-corrected chi connectivity index (χ4v) is 4.86. The van der Waals surface area contributed by atoms with Gasteiger partial charge in [-0.05, 0) is 74.7 Å². The van der Waals surface area contributed by atoms with E-state index < -0.39 is 0 Å². The molecule has 28 heavy (non-hydrogen) atoms. The SMILES string of the molecule is C=CC1=C(/C(C)=C\C)c2ncccc2B1c1c(C)cc(C(CC)CC)cc1C. The maximum atomic E-state index is 4.77. The molecule has 2 heteroatoms. The molecule has 1 aliphatic heterocycles. The number of aryl methyl sites for hydroxylation is 2. The van der Waals surface area contributed by atoms with E-state index >= 15 is 0 Å². The molecule has 0 aliphatic carbocycles. The predicted molar refractivity (Wildman–Crippen MR) is 125 cm³/mol. The van der Waals surface area contributed by atoms with Gasteiger partial charge in [0.15, 0.2) is 0 Å². The molecule has 1 nitrogen and oxygen atoms in total. The molecule has 0 saturated heterocycles. The second kappa shape index (κ2) is 8.35. The topological polar surface area (TPSA) is 12.9 Å². The van der Waals surface area contributed by atoms with Gasteiger partial charge < -0.3 is 0 Å². The highest BCUT2D eigenvalue weighted by molar-refractivity contribution is 6.94. The standard InChI is InChI=1S/C26H32BN/c1-8-17(5)24-22(11-4)27(23-13-12-14-28-26(23)24)25-18(6)15-21(16-19(25)7)20(9-2)10-3/h8,11-16,20H,4,9-10H2,1-3,5-7H3/b17-8-. The van der Waals surface area contributed by atoms with Crippen molar-refractivity contribution in [3.8, 4) is 0 Å². The lowest BCUT2D eigenvalue weighted by Gasteiger charge is -2.21. The third kappa shape index (κ3) is 3.30. The summed E-state index contributed by atoms with van der Waals surface area (Å²) in [5.41, 5.74) is 11.9. The summed E-state index contributed by atoms with van der Waals surface area (Å²) in [6, 6.07) is 9.12. The van der Waals surface area contributed by atoms with Crippen molar-refractivity contribution in [1.29, 1.82) is 0 Å². The zero-order valence-electron chi connectivity index (χ0n) is 18.3. The van der Waals surface area contributed by atoms with Crippen molar-refractivity contribution < 1.29 is 0 Å². The molecule has 0 N–H and O–H groups in total. The minimum Gasteiger partial charge on any atom is -0.257 e. The normalized spacial score (nSPS) is 14.1. The van der Waals surface area contributed by atoms with Gasteiger partial charge in [-0.3, -0.25) is 4.98 Å². The van der Waals surface area contributed by atoms with E-state index in [1.165, 1.54) is 57.1 Å². The van der Waals surface area contributed by atoms with Crippen molar-refractivity contribution in [3.05, 3.63) is 82.6 Å². The summed E-state index contributed by atoms with van der Waals surface area (Å²) < 4.78 is 0. The minimum atomic E-state index is 0.210. The lowest BCUT2D eigenvalue weighted by Crippen LogP contribution is -2.45. The average Bonchev–Trinajstić information content (AvgIpc) is 3.02. The zero-order valence-corrected chi connectivity index (χ0v) is 18.3. The molecule has 0 saturated carbocycles. The summed E-state index contributed by atoms with van der Waals surface area (Å²) in [5, 5.41) is 0. The minimum absolute atomic E-state index is 0.210. The second-order valence-corrected chi connectivity index (χ2v) is 7.96. The fourth-order valence-electron chi connectivity index (χ4n) is 4.86. The third-order valence-corrected chi connectivity index (χ3v) is 6.40. The molecule has 3 rings (SSSR count). The maximum absolute atomic E-state index is 4.77. The van der Waals surface area contributed by atoms with Crippen molar-refractivity contribution in [2.24, 2.45) is 0 Å². The summed E-state index contributed by atoms with van der Waals surface area (Å²) in [4.78, 5) is 4.77. The molecule has 0 spiro atoms. The quantitative estimate of drug-likeness (QED) is 0.598. The van der Waals surface area contributed by atoms with Crippen molar-refractivity contribution in [1.82, 2.24) is 4.98 Å². The van der Waals surface area contributed by atoms with Crippen molar-refractivity contribution in [2.75, 3.05) is 0 Å². The van der Waals surface area contributed by atoms with Gasteiger partial charge in [-0.15, -0.1) is 0 Å². The van der Waals surface area contributed by atoms with Gasteiger partial charge in [-0.2, -0.15) is 0 Å². The first kappa shape index (κ1) is 20.4. The smallest absolute Gasteiger partial charge is 0.245 e. The highest BCUT2D eigenvalue weighted by Crippen LogP contribution is 2.33. The van der Waals surface area contributed by atoms with E-state index in [1.54, 1.807) is 0 Å². The van der Waals surface area contributed by atoms with E-state index in [4.69, 9.17) is 4.98 Å². The second-order valence-electron chi connectivity index (χ2n) is 7.96. The van der Waals surface area contributed by atoms with E-state index in [0.29, 0.717) is 5.92 Å². The Balaban J connectivity index is 2.26. The first-order chi connectivity index (χ1) is 13.5. The van der Waals surface area contributed by atoms with E-state index in [9.17, 15) is 0 Å². The molecule has 0 radical (unpaired) electrons. The Hall–Kier alpha value is -2.35. The van der Waals surface area contributed by atoms with Gasteiger partial charge in [0.05, 0.1) is 5.69 Å². The molecule has 144 valence electrons. The summed E-state index contributed by atoms with van der Waals surface area (Å²) in [7, 11) is 0. The van der Waals surface area contributed by atoms with Gasteiger partial charge in [-0.25, -0.2) is 0 Å². The number of allylic oxidation sites excluding steroid dienone is 5. The lowest BCUT2D eigenvalue weighted by molar-refractivity contribution is 0.641. The van der Waals surface area contributed by atoms with Gasteiger partial charge in [0, 0.05) is 6.20 Å². The van der Waals surface area contributed by atoms with Gasteiger partial charge >= 0.3 is 0 Å². The summed E-state index contributed by atoms with van der Waals surface area (Å²) >= 11 is 0. The summed E-state index contributed by atoms with van der Waals surface area (Å²) in [6.45, 7) is 17.8. The molecule has 0 unspecified atom stereocenters. The number of pyridine rings is 1. The molecule has 0 amide bonds. The fraction of sp³-hybridized carbons (Fsp3) is 0.346. The van der Waals surface area contributed by atoms with E-state index in [1.807, 2.05) is 12.3 Å². The van der Waals surface area contributed by atoms with Gasteiger partial charge in [-0.1, -0.05) is 72.8 Å². The lowest BCUT2D eigenvalue weighted by atomic mass is 9.36. The number of aromatic nitrogens is 1.